The van der Waals surface area contributed by atoms with Crippen LogP contribution in [0.1, 0.15) is 13.3 Å². The fourth-order valence-corrected chi connectivity index (χ4v) is 0.640. The van der Waals surface area contributed by atoms with Crippen LogP contribution in [-0.2, 0) is 14.3 Å². The molecule has 0 fully saturated rings. The number of hydrogen-bond donors (Lipinski definition) is 1. The molecular weight excluding hydrogens is 146 g/mol. The van der Waals surface area contributed by atoms with Crippen molar-refractivity contribution in [2.45, 2.75) is 19.4 Å². The lowest BCUT2D eigenvalue weighted by atomic mass is 10.2. The summed E-state index contributed by atoms with van der Waals surface area (Å²) in [4.78, 5) is 19.9. The number of carbonyl (C=O) groups is 2. The van der Waals surface area contributed by atoms with Gasteiger partial charge < -0.3 is 14.8 Å². The predicted octanol–water partition coefficient (Wildman–Crippen LogP) is -0.274. The number of carbonyl (C=O) groups excluding carboxylic acids is 2. The molecule has 0 rings (SSSR count). The van der Waals surface area contributed by atoms with Gasteiger partial charge in [0.2, 0.25) is 0 Å². The number of nitrogens with one attached hydrogen (secondary N) is 1. The van der Waals surface area contributed by atoms with E-state index in [4.69, 9.17) is 0 Å². The van der Waals surface area contributed by atoms with E-state index < -0.39 is 0 Å². The molecule has 0 aliphatic carbocycles. The highest BCUT2D eigenvalue weighted by molar-refractivity contribution is 5.57. The second-order valence-corrected chi connectivity index (χ2v) is 2.07. The van der Waals surface area contributed by atoms with Gasteiger partial charge in [0, 0.05) is 6.54 Å². The van der Waals surface area contributed by atoms with E-state index in [2.05, 4.69) is 10.1 Å². The van der Waals surface area contributed by atoms with Crippen molar-refractivity contribution >= 4 is 12.8 Å². The van der Waals surface area contributed by atoms with Crippen LogP contribution < -0.4 is 5.32 Å². The van der Waals surface area contributed by atoms with E-state index in [9.17, 15) is 9.59 Å². The van der Waals surface area contributed by atoms with Crippen LogP contribution in [-0.4, -0.2) is 32.0 Å². The van der Waals surface area contributed by atoms with Gasteiger partial charge in [-0.25, -0.2) is 0 Å². The quantitative estimate of drug-likeness (QED) is 0.410. The molecule has 0 saturated carbocycles. The lowest BCUT2D eigenvalue weighted by Gasteiger charge is -2.08. The summed E-state index contributed by atoms with van der Waals surface area (Å²) in [5.74, 6) is 0. The zero-order valence-electron chi connectivity index (χ0n) is 6.58. The van der Waals surface area contributed by atoms with Crippen LogP contribution in [0.2, 0.25) is 0 Å². The van der Waals surface area contributed by atoms with Gasteiger partial charge >= 0.3 is 0 Å². The molecule has 0 aromatic rings. The number of hydrogen-bond acceptors (Lipinski definition) is 4. The topological polar surface area (TPSA) is 55.4 Å². The Kier molecular flexibility index (Phi) is 6.62. The summed E-state index contributed by atoms with van der Waals surface area (Å²) in [5, 5.41) is 2.90. The first-order valence-electron chi connectivity index (χ1n) is 3.59. The monoisotopic (exact) mass is 159 g/mol. The first kappa shape index (κ1) is 10.1. The predicted molar refractivity (Wildman–Crippen MR) is 40.2 cm³/mol. The highest BCUT2D eigenvalue weighted by Crippen LogP contribution is 1.83. The molecule has 0 aliphatic heterocycles. The van der Waals surface area contributed by atoms with Gasteiger partial charge in [-0.15, -0.1) is 0 Å². The molecule has 0 aliphatic rings. The number of aldehydes is 1. The Labute approximate surface area is 65.9 Å². The van der Waals surface area contributed by atoms with Gasteiger partial charge in [0.1, 0.15) is 12.9 Å². The highest BCUT2D eigenvalue weighted by atomic mass is 16.5. The molecule has 4 heteroatoms. The van der Waals surface area contributed by atoms with E-state index in [1.54, 1.807) is 0 Å². The first-order valence-corrected chi connectivity index (χ1v) is 3.59. The van der Waals surface area contributed by atoms with E-state index in [0.29, 0.717) is 19.6 Å². The van der Waals surface area contributed by atoms with Crippen LogP contribution >= 0.6 is 0 Å². The molecule has 0 saturated heterocycles. The van der Waals surface area contributed by atoms with Crippen molar-refractivity contribution < 1.29 is 14.3 Å². The fourth-order valence-electron chi connectivity index (χ4n) is 0.640. The largest absolute Gasteiger partial charge is 0.467 e. The molecule has 0 aromatic carbocycles. The molecular formula is C7H13NO3. The van der Waals surface area contributed by atoms with Gasteiger partial charge in [-0.05, 0) is 6.42 Å². The van der Waals surface area contributed by atoms with E-state index in [0.717, 1.165) is 12.7 Å². The molecule has 0 bridgehead atoms. The zero-order chi connectivity index (χ0) is 8.53. The van der Waals surface area contributed by atoms with Crippen LogP contribution in [0.4, 0.5) is 0 Å². The Morgan fingerprint density at radius 1 is 1.55 bits per heavy atom. The van der Waals surface area contributed by atoms with Crippen LogP contribution in [0.3, 0.4) is 0 Å². The van der Waals surface area contributed by atoms with Crippen LogP contribution in [0.15, 0.2) is 0 Å². The summed E-state index contributed by atoms with van der Waals surface area (Å²) in [7, 11) is 0. The maximum Gasteiger partial charge on any atom is 0.293 e. The molecule has 4 nitrogen and oxygen atoms in total. The second kappa shape index (κ2) is 7.21. The first-order chi connectivity index (χ1) is 5.35. The van der Waals surface area contributed by atoms with Gasteiger partial charge in [0.05, 0.1) is 6.04 Å². The van der Waals surface area contributed by atoms with Gasteiger partial charge in [-0.2, -0.15) is 0 Å². The van der Waals surface area contributed by atoms with E-state index in [1.807, 2.05) is 6.92 Å². The second-order valence-electron chi connectivity index (χ2n) is 2.07. The fraction of sp³-hybridized carbons (Fsp3) is 0.714. The third-order valence-corrected chi connectivity index (χ3v) is 1.30. The molecule has 0 spiro atoms. The minimum atomic E-state index is -0.120. The van der Waals surface area contributed by atoms with Gasteiger partial charge in [0.25, 0.3) is 6.47 Å². The molecule has 0 radical (unpaired) electrons. The third kappa shape index (κ3) is 5.54. The zero-order valence-corrected chi connectivity index (χ0v) is 6.58. The summed E-state index contributed by atoms with van der Waals surface area (Å²) < 4.78 is 4.41. The lowest BCUT2D eigenvalue weighted by Crippen LogP contribution is -2.32. The molecule has 11 heavy (non-hydrogen) atoms. The summed E-state index contributed by atoms with van der Waals surface area (Å²) in [6.45, 7) is 3.14. The van der Waals surface area contributed by atoms with E-state index in [-0.39, 0.29) is 6.04 Å². The maximum atomic E-state index is 10.2. The van der Waals surface area contributed by atoms with Crippen molar-refractivity contribution in [3.05, 3.63) is 0 Å². The van der Waals surface area contributed by atoms with Crippen molar-refractivity contribution in [2.24, 2.45) is 0 Å². The van der Waals surface area contributed by atoms with Crippen molar-refractivity contribution in [3.8, 4) is 0 Å². The summed E-state index contributed by atoms with van der Waals surface area (Å²) >= 11 is 0. The Morgan fingerprint density at radius 3 is 2.73 bits per heavy atom. The molecule has 0 heterocycles. The Morgan fingerprint density at radius 2 is 2.27 bits per heavy atom. The number of rotatable bonds is 7. The average Bonchev–Trinajstić information content (AvgIpc) is 2.05. The molecule has 1 atom stereocenters. The van der Waals surface area contributed by atoms with Crippen molar-refractivity contribution in [1.82, 2.24) is 5.32 Å². The van der Waals surface area contributed by atoms with Crippen molar-refractivity contribution in [1.29, 1.82) is 0 Å². The number of ether oxygens (including phenoxy) is 1. The van der Waals surface area contributed by atoms with Gasteiger partial charge in [-0.3, -0.25) is 4.79 Å². The van der Waals surface area contributed by atoms with Crippen LogP contribution in [0.25, 0.3) is 0 Å². The minimum absolute atomic E-state index is 0.120. The molecule has 1 N–H and O–H groups in total. The van der Waals surface area contributed by atoms with Gasteiger partial charge in [-0.1, -0.05) is 6.92 Å². The lowest BCUT2D eigenvalue weighted by molar-refractivity contribution is -0.128. The SMILES string of the molecule is CCC(C=O)NCCOC=O. The van der Waals surface area contributed by atoms with E-state index >= 15 is 0 Å². The van der Waals surface area contributed by atoms with Gasteiger partial charge in [0.15, 0.2) is 0 Å². The standard InChI is InChI=1S/C7H13NO3/c1-2-7(5-9)8-3-4-11-6-10/h5-8H,2-4H2,1H3. The smallest absolute Gasteiger partial charge is 0.293 e. The molecule has 0 aromatic heterocycles. The van der Waals surface area contributed by atoms with Crippen LogP contribution in [0.5, 0.6) is 0 Å². The van der Waals surface area contributed by atoms with Crippen molar-refractivity contribution in [3.63, 3.8) is 0 Å². The summed E-state index contributed by atoms with van der Waals surface area (Å²) in [6, 6.07) is -0.120. The minimum Gasteiger partial charge on any atom is -0.467 e. The molecule has 64 valence electrons. The Balaban J connectivity index is 3.20. The molecule has 0 amide bonds. The van der Waals surface area contributed by atoms with E-state index in [1.165, 1.54) is 0 Å². The van der Waals surface area contributed by atoms with Crippen molar-refractivity contribution in [2.75, 3.05) is 13.2 Å². The molecule has 1 unspecified atom stereocenters. The Bertz CT molecular complexity index is 116. The normalized spacial score (nSPS) is 12.1. The highest BCUT2D eigenvalue weighted by Gasteiger charge is 2.00. The average molecular weight is 159 g/mol. The summed E-state index contributed by atoms with van der Waals surface area (Å²) in [5.41, 5.74) is 0. The summed E-state index contributed by atoms with van der Waals surface area (Å²) in [6.07, 6.45) is 1.60. The van der Waals surface area contributed by atoms with Crippen LogP contribution in [0, 0.1) is 0 Å². The maximum absolute atomic E-state index is 10.2. The Hall–Kier alpha value is -0.900. The third-order valence-electron chi connectivity index (χ3n) is 1.30.